The molecule has 3 unspecified atom stereocenters. The molecular formula is C7H14O3. The molecule has 60 valence electrons. The minimum Gasteiger partial charge on any atom is -0.390 e. The summed E-state index contributed by atoms with van der Waals surface area (Å²) in [5.74, 6) is 0. The number of methoxy groups -OCH3 is 1. The van der Waals surface area contributed by atoms with Crippen LogP contribution < -0.4 is 0 Å². The maximum Gasteiger partial charge on any atom is 0.109 e. The molecule has 0 radical (unpaired) electrons. The van der Waals surface area contributed by atoms with E-state index in [-0.39, 0.29) is 18.3 Å². The number of ether oxygens (including phenoxy) is 2. The lowest BCUT2D eigenvalue weighted by Gasteiger charge is -2.32. The number of hydrogen-bond donors (Lipinski definition) is 1. The monoisotopic (exact) mass is 146 g/mol. The molecule has 10 heavy (non-hydrogen) atoms. The standard InChI is InChI=1S/C7H14O3/c1-5-7(9-2)6(8)3-4-10-5/h5-8H,3-4H2,1-2H3. The van der Waals surface area contributed by atoms with Crippen LogP contribution in [0, 0.1) is 0 Å². The van der Waals surface area contributed by atoms with Gasteiger partial charge in [0.05, 0.1) is 12.2 Å². The largest absolute Gasteiger partial charge is 0.390 e. The third-order valence-corrected chi connectivity index (χ3v) is 1.91. The van der Waals surface area contributed by atoms with Gasteiger partial charge in [-0.2, -0.15) is 0 Å². The van der Waals surface area contributed by atoms with Crippen molar-refractivity contribution in [3.63, 3.8) is 0 Å². The van der Waals surface area contributed by atoms with Crippen molar-refractivity contribution in [2.45, 2.75) is 31.7 Å². The second-order valence-electron chi connectivity index (χ2n) is 2.63. The summed E-state index contributed by atoms with van der Waals surface area (Å²) in [5.41, 5.74) is 0. The van der Waals surface area contributed by atoms with Gasteiger partial charge in [0.15, 0.2) is 0 Å². The van der Waals surface area contributed by atoms with Crippen LogP contribution >= 0.6 is 0 Å². The van der Waals surface area contributed by atoms with Crippen molar-refractivity contribution in [3.8, 4) is 0 Å². The fourth-order valence-corrected chi connectivity index (χ4v) is 1.30. The highest BCUT2D eigenvalue weighted by atomic mass is 16.5. The number of rotatable bonds is 1. The van der Waals surface area contributed by atoms with Crippen molar-refractivity contribution in [3.05, 3.63) is 0 Å². The molecule has 0 aromatic rings. The van der Waals surface area contributed by atoms with Crippen molar-refractivity contribution in [1.82, 2.24) is 0 Å². The Morgan fingerprint density at radius 3 is 2.70 bits per heavy atom. The average Bonchev–Trinajstić information content (AvgIpc) is 1.88. The summed E-state index contributed by atoms with van der Waals surface area (Å²) < 4.78 is 10.3. The molecule has 1 fully saturated rings. The summed E-state index contributed by atoms with van der Waals surface area (Å²) in [4.78, 5) is 0. The average molecular weight is 146 g/mol. The van der Waals surface area contributed by atoms with Crippen LogP contribution in [0.4, 0.5) is 0 Å². The van der Waals surface area contributed by atoms with E-state index in [2.05, 4.69) is 0 Å². The van der Waals surface area contributed by atoms with Crippen LogP contribution in [0.1, 0.15) is 13.3 Å². The minimum atomic E-state index is -0.353. The van der Waals surface area contributed by atoms with E-state index in [4.69, 9.17) is 9.47 Å². The maximum absolute atomic E-state index is 9.33. The van der Waals surface area contributed by atoms with E-state index < -0.39 is 0 Å². The van der Waals surface area contributed by atoms with Gasteiger partial charge in [0.2, 0.25) is 0 Å². The molecule has 1 heterocycles. The minimum absolute atomic E-state index is 0.0220. The molecule has 0 saturated carbocycles. The van der Waals surface area contributed by atoms with Gasteiger partial charge in [-0.05, 0) is 13.3 Å². The predicted molar refractivity (Wildman–Crippen MR) is 36.8 cm³/mol. The van der Waals surface area contributed by atoms with Gasteiger partial charge in [0.25, 0.3) is 0 Å². The van der Waals surface area contributed by atoms with Gasteiger partial charge < -0.3 is 14.6 Å². The van der Waals surface area contributed by atoms with E-state index >= 15 is 0 Å². The quantitative estimate of drug-likeness (QED) is 0.573. The van der Waals surface area contributed by atoms with Gasteiger partial charge in [-0.1, -0.05) is 0 Å². The van der Waals surface area contributed by atoms with Crippen molar-refractivity contribution in [1.29, 1.82) is 0 Å². The number of aliphatic hydroxyl groups excluding tert-OH is 1. The zero-order chi connectivity index (χ0) is 7.56. The first-order valence-electron chi connectivity index (χ1n) is 3.58. The molecular weight excluding hydrogens is 132 g/mol. The first-order chi connectivity index (χ1) is 4.75. The highest BCUT2D eigenvalue weighted by Gasteiger charge is 2.29. The Hall–Kier alpha value is -0.120. The Labute approximate surface area is 60.9 Å². The molecule has 1 saturated heterocycles. The SMILES string of the molecule is COC1C(O)CCOC1C. The molecule has 3 atom stereocenters. The normalized spacial score (nSPS) is 41.7. The van der Waals surface area contributed by atoms with Crippen molar-refractivity contribution < 1.29 is 14.6 Å². The molecule has 0 spiro atoms. The van der Waals surface area contributed by atoms with Crippen LogP contribution in [-0.4, -0.2) is 37.1 Å². The van der Waals surface area contributed by atoms with Crippen molar-refractivity contribution in [2.24, 2.45) is 0 Å². The third-order valence-electron chi connectivity index (χ3n) is 1.91. The lowest BCUT2D eigenvalue weighted by molar-refractivity contribution is -0.141. The number of aliphatic hydroxyl groups is 1. The Morgan fingerprint density at radius 2 is 2.30 bits per heavy atom. The summed E-state index contributed by atoms with van der Waals surface area (Å²) in [5, 5.41) is 9.33. The van der Waals surface area contributed by atoms with E-state index in [0.717, 1.165) is 0 Å². The van der Waals surface area contributed by atoms with Gasteiger partial charge in [-0.25, -0.2) is 0 Å². The van der Waals surface area contributed by atoms with Crippen LogP contribution in [-0.2, 0) is 9.47 Å². The van der Waals surface area contributed by atoms with Gasteiger partial charge in [-0.15, -0.1) is 0 Å². The maximum atomic E-state index is 9.33. The number of hydrogen-bond acceptors (Lipinski definition) is 3. The van der Waals surface area contributed by atoms with Gasteiger partial charge in [0, 0.05) is 13.7 Å². The van der Waals surface area contributed by atoms with E-state index in [1.54, 1.807) is 7.11 Å². The summed E-state index contributed by atoms with van der Waals surface area (Å²) in [6.45, 7) is 2.55. The highest BCUT2D eigenvalue weighted by Crippen LogP contribution is 2.16. The molecule has 3 nitrogen and oxygen atoms in total. The summed E-state index contributed by atoms with van der Waals surface area (Å²) in [6.07, 6.45) is 0.208. The van der Waals surface area contributed by atoms with Gasteiger partial charge >= 0.3 is 0 Å². The Balaban J connectivity index is 2.45. The Kier molecular flexibility index (Phi) is 2.65. The fourth-order valence-electron chi connectivity index (χ4n) is 1.30. The van der Waals surface area contributed by atoms with Crippen LogP contribution in [0.2, 0.25) is 0 Å². The van der Waals surface area contributed by atoms with Gasteiger partial charge in [-0.3, -0.25) is 0 Å². The Morgan fingerprint density at radius 1 is 1.60 bits per heavy atom. The molecule has 1 N–H and O–H groups in total. The molecule has 1 rings (SSSR count). The predicted octanol–water partition coefficient (Wildman–Crippen LogP) is 0.171. The lowest BCUT2D eigenvalue weighted by atomic mass is 10.0. The smallest absolute Gasteiger partial charge is 0.109 e. The van der Waals surface area contributed by atoms with Crippen LogP contribution in [0.25, 0.3) is 0 Å². The molecule has 0 aliphatic carbocycles. The summed E-state index contributed by atoms with van der Waals surface area (Å²) >= 11 is 0. The van der Waals surface area contributed by atoms with E-state index in [1.165, 1.54) is 0 Å². The first kappa shape index (κ1) is 7.98. The second-order valence-corrected chi connectivity index (χ2v) is 2.63. The van der Waals surface area contributed by atoms with Gasteiger partial charge in [0.1, 0.15) is 6.10 Å². The van der Waals surface area contributed by atoms with Crippen LogP contribution in [0.5, 0.6) is 0 Å². The summed E-state index contributed by atoms with van der Waals surface area (Å²) in [6, 6.07) is 0. The molecule has 1 aliphatic rings. The molecule has 0 bridgehead atoms. The van der Waals surface area contributed by atoms with Crippen LogP contribution in [0.15, 0.2) is 0 Å². The van der Waals surface area contributed by atoms with Crippen molar-refractivity contribution in [2.75, 3.05) is 13.7 Å². The first-order valence-corrected chi connectivity index (χ1v) is 3.58. The second kappa shape index (κ2) is 3.32. The molecule has 3 heteroatoms. The van der Waals surface area contributed by atoms with E-state index in [1.807, 2.05) is 6.92 Å². The molecule has 0 amide bonds. The van der Waals surface area contributed by atoms with E-state index in [0.29, 0.717) is 13.0 Å². The van der Waals surface area contributed by atoms with Crippen molar-refractivity contribution >= 4 is 0 Å². The summed E-state index contributed by atoms with van der Waals surface area (Å²) in [7, 11) is 1.60. The van der Waals surface area contributed by atoms with E-state index in [9.17, 15) is 5.11 Å². The topological polar surface area (TPSA) is 38.7 Å². The zero-order valence-electron chi connectivity index (χ0n) is 6.41. The van der Waals surface area contributed by atoms with Crippen LogP contribution in [0.3, 0.4) is 0 Å². The fraction of sp³-hybridized carbons (Fsp3) is 1.00. The molecule has 0 aromatic carbocycles. The molecule has 0 aromatic heterocycles. The zero-order valence-corrected chi connectivity index (χ0v) is 6.41. The highest BCUT2D eigenvalue weighted by molar-refractivity contribution is 4.78. The lowest BCUT2D eigenvalue weighted by Crippen LogP contribution is -2.44. The third kappa shape index (κ3) is 1.48. The Bertz CT molecular complexity index is 95.0. The molecule has 1 aliphatic heterocycles.